The van der Waals surface area contributed by atoms with Gasteiger partial charge in [-0.25, -0.2) is 4.98 Å². The minimum Gasteiger partial charge on any atom is -0.352 e. The lowest BCUT2D eigenvalue weighted by Crippen LogP contribution is -2.51. The number of piperazine rings is 1. The fourth-order valence-corrected chi connectivity index (χ4v) is 4.58. The molecule has 0 bridgehead atoms. The van der Waals surface area contributed by atoms with Gasteiger partial charge in [-0.2, -0.15) is 0 Å². The molecule has 1 N–H and O–H groups in total. The van der Waals surface area contributed by atoms with Gasteiger partial charge >= 0.3 is 0 Å². The Morgan fingerprint density at radius 1 is 1.00 bits per heavy atom. The highest BCUT2D eigenvalue weighted by Gasteiger charge is 2.38. The van der Waals surface area contributed by atoms with Crippen LogP contribution >= 0.6 is 11.6 Å². The van der Waals surface area contributed by atoms with Crippen molar-refractivity contribution in [3.63, 3.8) is 0 Å². The molecule has 5 rings (SSSR count). The fourth-order valence-electron chi connectivity index (χ4n) is 4.45. The van der Waals surface area contributed by atoms with Gasteiger partial charge in [0.25, 0.3) is 0 Å². The Balaban J connectivity index is 1.15. The van der Waals surface area contributed by atoms with Gasteiger partial charge in [-0.05, 0) is 61.0 Å². The number of hydrogen-bond acceptors (Lipinski definition) is 7. The molecule has 0 radical (unpaired) electrons. The molecular formula is C25H26ClN7O2. The first-order valence-electron chi connectivity index (χ1n) is 11.6. The second kappa shape index (κ2) is 9.87. The van der Waals surface area contributed by atoms with Crippen molar-refractivity contribution in [1.29, 1.82) is 0 Å². The number of nitrogens with zero attached hydrogens (tertiary/aromatic N) is 6. The van der Waals surface area contributed by atoms with Gasteiger partial charge in [0.2, 0.25) is 11.8 Å². The van der Waals surface area contributed by atoms with Crippen molar-refractivity contribution in [2.45, 2.75) is 13.3 Å². The average Bonchev–Trinajstić information content (AvgIpc) is 3.26. The van der Waals surface area contributed by atoms with Gasteiger partial charge in [-0.3, -0.25) is 9.59 Å². The van der Waals surface area contributed by atoms with Crippen molar-refractivity contribution in [2.75, 3.05) is 47.8 Å². The Morgan fingerprint density at radius 3 is 2.46 bits per heavy atom. The summed E-state index contributed by atoms with van der Waals surface area (Å²) < 4.78 is 0. The molecule has 0 aliphatic carbocycles. The van der Waals surface area contributed by atoms with Gasteiger partial charge in [0, 0.05) is 56.1 Å². The van der Waals surface area contributed by atoms with E-state index in [9.17, 15) is 9.59 Å². The average molecular weight is 492 g/mol. The number of carbonyl (C=O) groups is 2. The maximum absolute atomic E-state index is 13.1. The number of anilines is 4. The van der Waals surface area contributed by atoms with Crippen molar-refractivity contribution in [1.82, 2.24) is 20.1 Å². The van der Waals surface area contributed by atoms with Crippen molar-refractivity contribution in [2.24, 2.45) is 5.92 Å². The molecule has 10 heteroatoms. The van der Waals surface area contributed by atoms with E-state index in [0.29, 0.717) is 43.6 Å². The highest BCUT2D eigenvalue weighted by molar-refractivity contribution is 6.30. The number of benzene rings is 1. The van der Waals surface area contributed by atoms with Gasteiger partial charge in [-0.1, -0.05) is 11.6 Å². The van der Waals surface area contributed by atoms with E-state index in [2.05, 4.69) is 25.4 Å². The van der Waals surface area contributed by atoms with Crippen LogP contribution in [0.2, 0.25) is 5.02 Å². The normalized spacial score (nSPS) is 18.2. The van der Waals surface area contributed by atoms with Crippen LogP contribution in [0.3, 0.4) is 0 Å². The van der Waals surface area contributed by atoms with Crippen LogP contribution in [0.5, 0.6) is 0 Å². The summed E-state index contributed by atoms with van der Waals surface area (Å²) in [6.45, 7) is 4.89. The van der Waals surface area contributed by atoms with E-state index in [1.54, 1.807) is 23.2 Å². The van der Waals surface area contributed by atoms with E-state index in [0.717, 1.165) is 22.9 Å². The van der Waals surface area contributed by atoms with Gasteiger partial charge < -0.3 is 20.0 Å². The molecule has 2 amide bonds. The summed E-state index contributed by atoms with van der Waals surface area (Å²) in [5, 5.41) is 12.4. The molecule has 2 aliphatic heterocycles. The third-order valence-electron chi connectivity index (χ3n) is 6.35. The Kier molecular flexibility index (Phi) is 6.50. The summed E-state index contributed by atoms with van der Waals surface area (Å²) >= 11 is 5.95. The van der Waals surface area contributed by atoms with E-state index in [1.807, 2.05) is 48.2 Å². The second-order valence-corrected chi connectivity index (χ2v) is 9.25. The van der Waals surface area contributed by atoms with Crippen LogP contribution in [0.15, 0.2) is 54.7 Å². The van der Waals surface area contributed by atoms with Crippen molar-refractivity contribution in [3.05, 3.63) is 65.3 Å². The highest BCUT2D eigenvalue weighted by atomic mass is 35.5. The molecule has 2 saturated heterocycles. The van der Waals surface area contributed by atoms with E-state index in [4.69, 9.17) is 11.6 Å². The SMILES string of the molecule is Cc1ccnc(Nc2ccc(N3CCN(C(=O)C4CC(=O)N(c5ccc(Cl)cc5)C4)CC3)nn2)c1. The molecule has 2 aromatic heterocycles. The molecule has 2 fully saturated rings. The van der Waals surface area contributed by atoms with Crippen molar-refractivity contribution < 1.29 is 9.59 Å². The molecule has 1 unspecified atom stereocenters. The van der Waals surface area contributed by atoms with E-state index < -0.39 is 0 Å². The Labute approximate surface area is 208 Å². The van der Waals surface area contributed by atoms with Crippen LogP contribution in [0, 0.1) is 12.8 Å². The Morgan fingerprint density at radius 2 is 1.77 bits per heavy atom. The number of aryl methyl sites for hydroxylation is 1. The lowest BCUT2D eigenvalue weighted by atomic mass is 10.1. The molecule has 9 nitrogen and oxygen atoms in total. The molecule has 0 saturated carbocycles. The Bertz CT molecular complexity index is 1210. The van der Waals surface area contributed by atoms with Crippen LogP contribution in [-0.2, 0) is 9.59 Å². The number of halogens is 1. The molecule has 1 atom stereocenters. The smallest absolute Gasteiger partial charge is 0.228 e. The topological polar surface area (TPSA) is 94.6 Å². The fraction of sp³-hybridized carbons (Fsp3) is 0.320. The summed E-state index contributed by atoms with van der Waals surface area (Å²) in [6, 6.07) is 14.8. The third-order valence-corrected chi connectivity index (χ3v) is 6.60. The number of hydrogen-bond donors (Lipinski definition) is 1. The van der Waals surface area contributed by atoms with Gasteiger partial charge in [-0.15, -0.1) is 10.2 Å². The summed E-state index contributed by atoms with van der Waals surface area (Å²) in [4.78, 5) is 35.6. The second-order valence-electron chi connectivity index (χ2n) is 8.81. The summed E-state index contributed by atoms with van der Waals surface area (Å²) in [7, 11) is 0. The van der Waals surface area contributed by atoms with Crippen LogP contribution in [0.4, 0.5) is 23.1 Å². The quantitative estimate of drug-likeness (QED) is 0.585. The molecule has 0 spiro atoms. The van der Waals surface area contributed by atoms with Gasteiger partial charge in [0.05, 0.1) is 5.92 Å². The molecule has 4 heterocycles. The van der Waals surface area contributed by atoms with Crippen LogP contribution in [0.25, 0.3) is 0 Å². The predicted molar refractivity (Wildman–Crippen MR) is 135 cm³/mol. The molecular weight excluding hydrogens is 466 g/mol. The first kappa shape index (κ1) is 23.0. The zero-order chi connectivity index (χ0) is 24.4. The zero-order valence-electron chi connectivity index (χ0n) is 19.4. The van der Waals surface area contributed by atoms with Gasteiger partial charge in [0.1, 0.15) is 5.82 Å². The minimum atomic E-state index is -0.329. The molecule has 180 valence electrons. The summed E-state index contributed by atoms with van der Waals surface area (Å²) in [5.74, 6) is 1.78. The number of aromatic nitrogens is 3. The number of rotatable bonds is 5. The van der Waals surface area contributed by atoms with Crippen molar-refractivity contribution >= 4 is 46.6 Å². The molecule has 3 aromatic rings. The number of pyridine rings is 1. The predicted octanol–water partition coefficient (Wildman–Crippen LogP) is 3.28. The van der Waals surface area contributed by atoms with Crippen LogP contribution < -0.4 is 15.1 Å². The Hall–Kier alpha value is -3.72. The lowest BCUT2D eigenvalue weighted by Gasteiger charge is -2.36. The number of nitrogens with one attached hydrogen (secondary N) is 1. The summed E-state index contributed by atoms with van der Waals surface area (Å²) in [6.07, 6.45) is 1.98. The largest absolute Gasteiger partial charge is 0.352 e. The maximum atomic E-state index is 13.1. The van der Waals surface area contributed by atoms with E-state index in [-0.39, 0.29) is 24.2 Å². The van der Waals surface area contributed by atoms with Crippen molar-refractivity contribution in [3.8, 4) is 0 Å². The first-order valence-corrected chi connectivity index (χ1v) is 12.0. The summed E-state index contributed by atoms with van der Waals surface area (Å²) in [5.41, 5.74) is 1.88. The number of amides is 2. The van der Waals surface area contributed by atoms with E-state index >= 15 is 0 Å². The third kappa shape index (κ3) is 5.19. The number of carbonyl (C=O) groups excluding carboxylic acids is 2. The molecule has 35 heavy (non-hydrogen) atoms. The standard InChI is InChI=1S/C25H26ClN7O2/c1-17-8-9-27-22(14-17)28-21-6-7-23(30-29-21)31-10-12-32(13-11-31)25(35)18-15-24(34)33(16-18)20-4-2-19(26)3-5-20/h2-9,14,18H,10-13,15-16H2,1H3,(H,27,28,29). The van der Waals surface area contributed by atoms with E-state index in [1.165, 1.54) is 0 Å². The highest BCUT2D eigenvalue weighted by Crippen LogP contribution is 2.28. The maximum Gasteiger partial charge on any atom is 0.228 e. The molecule has 1 aromatic carbocycles. The van der Waals surface area contributed by atoms with Crippen LogP contribution in [-0.4, -0.2) is 64.6 Å². The van der Waals surface area contributed by atoms with Gasteiger partial charge in [0.15, 0.2) is 11.6 Å². The zero-order valence-corrected chi connectivity index (χ0v) is 20.1. The molecule has 2 aliphatic rings. The first-order chi connectivity index (χ1) is 17.0. The monoisotopic (exact) mass is 491 g/mol. The lowest BCUT2D eigenvalue weighted by molar-refractivity contribution is -0.136. The minimum absolute atomic E-state index is 0.0331. The van der Waals surface area contributed by atoms with Crippen LogP contribution in [0.1, 0.15) is 12.0 Å².